The number of carbonyl (C=O) groups is 1. The van der Waals surface area contributed by atoms with Crippen LogP contribution in [0.1, 0.15) is 19.4 Å². The van der Waals surface area contributed by atoms with E-state index in [0.717, 1.165) is 22.6 Å². The lowest BCUT2D eigenvalue weighted by Gasteiger charge is -2.35. The number of benzene rings is 1. The van der Waals surface area contributed by atoms with Crippen molar-refractivity contribution in [3.05, 3.63) is 54.4 Å². The molecule has 1 amide bonds. The minimum Gasteiger partial charge on any atom is -0.372 e. The molecular weight excluding hydrogens is 398 g/mol. The average molecular weight is 424 g/mol. The molecule has 2 unspecified atom stereocenters. The van der Waals surface area contributed by atoms with Gasteiger partial charge in [-0.2, -0.15) is 0 Å². The number of carbonyl (C=O) groups excluding carboxylic acids is 1. The van der Waals surface area contributed by atoms with Gasteiger partial charge < -0.3 is 9.64 Å². The van der Waals surface area contributed by atoms with Crippen LogP contribution in [0.15, 0.2) is 53.9 Å². The summed E-state index contributed by atoms with van der Waals surface area (Å²) in [5, 5.41) is 9.55. The summed E-state index contributed by atoms with van der Waals surface area (Å²) in [6.45, 7) is 7.30. The van der Waals surface area contributed by atoms with Gasteiger partial charge in [-0.3, -0.25) is 14.3 Å². The number of ether oxygens (including phenoxy) is 1. The number of thioether (sulfide) groups is 1. The zero-order valence-electron chi connectivity index (χ0n) is 17.4. The molecule has 7 nitrogen and oxygen atoms in total. The van der Waals surface area contributed by atoms with E-state index < -0.39 is 0 Å². The Morgan fingerprint density at radius 1 is 1.10 bits per heavy atom. The smallest absolute Gasteiger partial charge is 0.233 e. The van der Waals surface area contributed by atoms with Gasteiger partial charge in [0.1, 0.15) is 0 Å². The van der Waals surface area contributed by atoms with Crippen molar-refractivity contribution >= 4 is 17.7 Å². The Hall–Kier alpha value is -2.71. The molecule has 1 aliphatic heterocycles. The van der Waals surface area contributed by atoms with Crippen LogP contribution in [0, 0.1) is 6.92 Å². The van der Waals surface area contributed by atoms with Gasteiger partial charge in [0, 0.05) is 31.0 Å². The van der Waals surface area contributed by atoms with Crippen molar-refractivity contribution in [3.63, 3.8) is 0 Å². The molecule has 0 aliphatic carbocycles. The van der Waals surface area contributed by atoms with Crippen LogP contribution in [0.4, 0.5) is 0 Å². The summed E-state index contributed by atoms with van der Waals surface area (Å²) in [7, 11) is 0. The third kappa shape index (κ3) is 4.39. The molecule has 30 heavy (non-hydrogen) atoms. The van der Waals surface area contributed by atoms with E-state index in [4.69, 9.17) is 4.74 Å². The van der Waals surface area contributed by atoms with Gasteiger partial charge in [-0.25, -0.2) is 0 Å². The second-order valence-corrected chi connectivity index (χ2v) is 8.45. The monoisotopic (exact) mass is 423 g/mol. The Morgan fingerprint density at radius 2 is 1.80 bits per heavy atom. The van der Waals surface area contributed by atoms with Crippen LogP contribution in [0.5, 0.6) is 0 Å². The van der Waals surface area contributed by atoms with Crippen LogP contribution in [-0.2, 0) is 9.53 Å². The SMILES string of the molecule is Cc1ccccc1-n1c(SCC(=O)N2CC(C)OC(C)C2)nnc1-c1ccncc1. The van der Waals surface area contributed by atoms with E-state index in [0.29, 0.717) is 24.0 Å². The highest BCUT2D eigenvalue weighted by molar-refractivity contribution is 7.99. The molecule has 0 bridgehead atoms. The van der Waals surface area contributed by atoms with Gasteiger partial charge >= 0.3 is 0 Å². The standard InChI is InChI=1S/C22H25N5O2S/c1-15-6-4-5-7-19(15)27-21(18-8-10-23-11-9-18)24-25-22(27)30-14-20(28)26-12-16(2)29-17(3)13-26/h4-11,16-17H,12-14H2,1-3H3. The van der Waals surface area contributed by atoms with Gasteiger partial charge in [0.2, 0.25) is 5.91 Å². The lowest BCUT2D eigenvalue weighted by atomic mass is 10.2. The first-order chi connectivity index (χ1) is 14.5. The highest BCUT2D eigenvalue weighted by atomic mass is 32.2. The van der Waals surface area contributed by atoms with E-state index >= 15 is 0 Å². The fourth-order valence-corrected chi connectivity index (χ4v) is 4.53. The average Bonchev–Trinajstić information content (AvgIpc) is 3.16. The summed E-state index contributed by atoms with van der Waals surface area (Å²) in [5.41, 5.74) is 3.03. The molecule has 0 radical (unpaired) electrons. The van der Waals surface area contributed by atoms with Crippen LogP contribution in [0.2, 0.25) is 0 Å². The van der Waals surface area contributed by atoms with E-state index in [-0.39, 0.29) is 18.1 Å². The molecule has 1 aromatic carbocycles. The fraction of sp³-hybridized carbons (Fsp3) is 0.364. The number of hydrogen-bond acceptors (Lipinski definition) is 6. The summed E-state index contributed by atoms with van der Waals surface area (Å²) >= 11 is 1.41. The van der Waals surface area contributed by atoms with Crippen molar-refractivity contribution < 1.29 is 9.53 Å². The Bertz CT molecular complexity index is 1010. The van der Waals surface area contributed by atoms with Crippen LogP contribution < -0.4 is 0 Å². The van der Waals surface area contributed by atoms with Crippen LogP contribution in [-0.4, -0.2) is 61.6 Å². The number of nitrogens with zero attached hydrogens (tertiary/aromatic N) is 5. The zero-order valence-corrected chi connectivity index (χ0v) is 18.2. The largest absolute Gasteiger partial charge is 0.372 e. The lowest BCUT2D eigenvalue weighted by molar-refractivity contribution is -0.140. The second-order valence-electron chi connectivity index (χ2n) is 7.51. The van der Waals surface area contributed by atoms with Gasteiger partial charge in [0.05, 0.1) is 23.6 Å². The molecule has 0 N–H and O–H groups in total. The van der Waals surface area contributed by atoms with Gasteiger partial charge in [0.25, 0.3) is 0 Å². The molecule has 2 atom stereocenters. The van der Waals surface area contributed by atoms with E-state index in [1.165, 1.54) is 11.8 Å². The maximum Gasteiger partial charge on any atom is 0.233 e. The zero-order chi connectivity index (χ0) is 21.1. The number of hydrogen-bond donors (Lipinski definition) is 0. The van der Waals surface area contributed by atoms with Gasteiger partial charge in [-0.1, -0.05) is 30.0 Å². The van der Waals surface area contributed by atoms with Crippen molar-refractivity contribution in [1.82, 2.24) is 24.6 Å². The van der Waals surface area contributed by atoms with E-state index in [1.54, 1.807) is 12.4 Å². The quantitative estimate of drug-likeness (QED) is 0.586. The van der Waals surface area contributed by atoms with Gasteiger partial charge in [-0.05, 0) is 44.5 Å². The molecule has 0 saturated carbocycles. The highest BCUT2D eigenvalue weighted by Gasteiger charge is 2.26. The number of amides is 1. The fourth-order valence-electron chi connectivity index (χ4n) is 3.68. The summed E-state index contributed by atoms with van der Waals surface area (Å²) in [6, 6.07) is 11.9. The Balaban J connectivity index is 1.61. The Morgan fingerprint density at radius 3 is 2.50 bits per heavy atom. The molecule has 2 aromatic heterocycles. The summed E-state index contributed by atoms with van der Waals surface area (Å²) < 4.78 is 7.76. The predicted molar refractivity (Wildman–Crippen MR) is 117 cm³/mol. The third-order valence-electron chi connectivity index (χ3n) is 5.03. The first-order valence-electron chi connectivity index (χ1n) is 10.0. The third-order valence-corrected chi connectivity index (χ3v) is 5.94. The van der Waals surface area contributed by atoms with E-state index in [1.807, 2.05) is 53.6 Å². The first kappa shape index (κ1) is 20.6. The molecule has 3 heterocycles. The summed E-state index contributed by atoms with van der Waals surface area (Å²) in [4.78, 5) is 18.8. The van der Waals surface area contributed by atoms with Crippen LogP contribution in [0.25, 0.3) is 17.1 Å². The molecule has 1 saturated heterocycles. The maximum atomic E-state index is 12.8. The normalized spacial score (nSPS) is 19.1. The van der Waals surface area contributed by atoms with Gasteiger partial charge in [-0.15, -0.1) is 10.2 Å². The number of para-hydroxylation sites is 1. The predicted octanol–water partition coefficient (Wildman–Crippen LogP) is 3.37. The number of pyridine rings is 1. The minimum absolute atomic E-state index is 0.0524. The molecule has 3 aromatic rings. The number of rotatable bonds is 5. The van der Waals surface area contributed by atoms with Crippen molar-refractivity contribution in [2.24, 2.45) is 0 Å². The lowest BCUT2D eigenvalue weighted by Crippen LogP contribution is -2.48. The molecular formula is C22H25N5O2S. The molecule has 8 heteroatoms. The molecule has 156 valence electrons. The van der Waals surface area contributed by atoms with Crippen molar-refractivity contribution in [2.45, 2.75) is 38.1 Å². The van der Waals surface area contributed by atoms with Crippen LogP contribution >= 0.6 is 11.8 Å². The molecule has 1 aliphatic rings. The number of aryl methyl sites for hydroxylation is 1. The Labute approximate surface area is 180 Å². The first-order valence-corrected chi connectivity index (χ1v) is 11.0. The highest BCUT2D eigenvalue weighted by Crippen LogP contribution is 2.29. The van der Waals surface area contributed by atoms with Crippen molar-refractivity contribution in [1.29, 1.82) is 0 Å². The number of aromatic nitrogens is 4. The summed E-state index contributed by atoms with van der Waals surface area (Å²) in [6.07, 6.45) is 3.58. The van der Waals surface area contributed by atoms with E-state index in [9.17, 15) is 4.79 Å². The molecule has 1 fully saturated rings. The van der Waals surface area contributed by atoms with E-state index in [2.05, 4.69) is 28.2 Å². The van der Waals surface area contributed by atoms with Crippen molar-refractivity contribution in [3.8, 4) is 17.1 Å². The molecule has 4 rings (SSSR count). The maximum absolute atomic E-state index is 12.8. The van der Waals surface area contributed by atoms with Gasteiger partial charge in [0.15, 0.2) is 11.0 Å². The number of morpholine rings is 1. The topological polar surface area (TPSA) is 73.1 Å². The van der Waals surface area contributed by atoms with Crippen LogP contribution in [0.3, 0.4) is 0 Å². The van der Waals surface area contributed by atoms with Crippen molar-refractivity contribution in [2.75, 3.05) is 18.8 Å². The summed E-state index contributed by atoms with van der Waals surface area (Å²) in [5.74, 6) is 1.13. The Kier molecular flexibility index (Phi) is 6.15. The second kappa shape index (κ2) is 8.97. The minimum atomic E-state index is 0.0524. The molecule has 0 spiro atoms.